The fourth-order valence-electron chi connectivity index (χ4n) is 1.02. The molecule has 0 aliphatic carbocycles. The fraction of sp³-hybridized carbons (Fsp3) is 0.143. The Kier molecular flexibility index (Phi) is 1.58. The maximum atomic E-state index is 10.3. The van der Waals surface area contributed by atoms with Crippen LogP contribution in [0.2, 0.25) is 0 Å². The zero-order chi connectivity index (χ0) is 8.55. The zero-order valence-electron chi connectivity index (χ0n) is 6.10. The van der Waals surface area contributed by atoms with E-state index in [0.29, 0.717) is 5.69 Å². The maximum Gasteiger partial charge on any atom is 0.309 e. The summed E-state index contributed by atoms with van der Waals surface area (Å²) in [6.07, 6.45) is 3.59. The van der Waals surface area contributed by atoms with E-state index in [1.807, 2.05) is 16.0 Å². The van der Waals surface area contributed by atoms with Gasteiger partial charge in [0.1, 0.15) is 0 Å². The monoisotopic (exact) mass is 182 g/mol. The Morgan fingerprint density at radius 2 is 2.58 bits per heavy atom. The van der Waals surface area contributed by atoms with Gasteiger partial charge in [-0.15, -0.1) is 11.3 Å². The summed E-state index contributed by atoms with van der Waals surface area (Å²) in [5.74, 6) is -0.847. The number of rotatable bonds is 2. The molecular formula is C7H6N2O2S. The number of imidazole rings is 1. The van der Waals surface area contributed by atoms with E-state index < -0.39 is 5.97 Å². The lowest BCUT2D eigenvalue weighted by Crippen LogP contribution is -1.99. The van der Waals surface area contributed by atoms with Crippen molar-refractivity contribution in [3.63, 3.8) is 0 Å². The van der Waals surface area contributed by atoms with Gasteiger partial charge in [0.2, 0.25) is 0 Å². The first-order chi connectivity index (χ1) is 5.75. The van der Waals surface area contributed by atoms with Crippen LogP contribution in [0.15, 0.2) is 17.8 Å². The van der Waals surface area contributed by atoms with Crippen molar-refractivity contribution < 1.29 is 9.90 Å². The van der Waals surface area contributed by atoms with E-state index in [4.69, 9.17) is 5.11 Å². The first kappa shape index (κ1) is 7.30. The number of hydrogen-bond donors (Lipinski definition) is 1. The minimum Gasteiger partial charge on any atom is -0.481 e. The van der Waals surface area contributed by atoms with Crippen molar-refractivity contribution >= 4 is 22.3 Å². The minimum absolute atomic E-state index is 0.00556. The summed E-state index contributed by atoms with van der Waals surface area (Å²) in [6.45, 7) is 0. The quantitative estimate of drug-likeness (QED) is 0.754. The van der Waals surface area contributed by atoms with E-state index in [9.17, 15) is 4.79 Å². The number of nitrogens with zero attached hydrogens (tertiary/aromatic N) is 2. The van der Waals surface area contributed by atoms with Crippen LogP contribution < -0.4 is 0 Å². The van der Waals surface area contributed by atoms with E-state index in [1.165, 1.54) is 11.3 Å². The number of fused-ring (bicyclic) bond motifs is 1. The number of aromatic nitrogens is 2. The molecule has 0 spiro atoms. The third kappa shape index (κ3) is 1.18. The van der Waals surface area contributed by atoms with Gasteiger partial charge in [0.15, 0.2) is 4.96 Å². The van der Waals surface area contributed by atoms with Crippen molar-refractivity contribution in [2.75, 3.05) is 0 Å². The van der Waals surface area contributed by atoms with Gasteiger partial charge in [-0.05, 0) is 0 Å². The Bertz CT molecular complexity index is 389. The summed E-state index contributed by atoms with van der Waals surface area (Å²) in [5.41, 5.74) is 0.606. The predicted octanol–water partition coefficient (Wildman–Crippen LogP) is 1.02. The third-order valence-corrected chi connectivity index (χ3v) is 2.25. The molecule has 0 aliphatic rings. The summed E-state index contributed by atoms with van der Waals surface area (Å²) in [5, 5.41) is 10.4. The van der Waals surface area contributed by atoms with Crippen LogP contribution in [0, 0.1) is 0 Å². The number of aliphatic carboxylic acids is 1. The van der Waals surface area contributed by atoms with Gasteiger partial charge in [0.05, 0.1) is 12.1 Å². The molecule has 0 aliphatic heterocycles. The molecular weight excluding hydrogens is 176 g/mol. The molecule has 62 valence electrons. The summed E-state index contributed by atoms with van der Waals surface area (Å²) in [4.78, 5) is 15.3. The molecule has 2 heterocycles. The van der Waals surface area contributed by atoms with E-state index in [1.54, 1.807) is 6.20 Å². The van der Waals surface area contributed by atoms with Crippen molar-refractivity contribution in [1.29, 1.82) is 0 Å². The molecule has 0 amide bonds. The van der Waals surface area contributed by atoms with Crippen LogP contribution in [0.4, 0.5) is 0 Å². The van der Waals surface area contributed by atoms with Crippen LogP contribution >= 0.6 is 11.3 Å². The van der Waals surface area contributed by atoms with Gasteiger partial charge in [-0.1, -0.05) is 0 Å². The smallest absolute Gasteiger partial charge is 0.309 e. The van der Waals surface area contributed by atoms with Gasteiger partial charge >= 0.3 is 5.97 Å². The second-order valence-electron chi connectivity index (χ2n) is 2.40. The molecule has 1 N–H and O–H groups in total. The second kappa shape index (κ2) is 2.60. The molecule has 0 unspecified atom stereocenters. The second-order valence-corrected chi connectivity index (χ2v) is 3.27. The Hall–Kier alpha value is -1.36. The van der Waals surface area contributed by atoms with Crippen LogP contribution in [0.1, 0.15) is 5.69 Å². The Labute approximate surface area is 72.1 Å². The van der Waals surface area contributed by atoms with Gasteiger partial charge in [-0.2, -0.15) is 0 Å². The first-order valence-electron chi connectivity index (χ1n) is 3.38. The predicted molar refractivity (Wildman–Crippen MR) is 44.4 cm³/mol. The van der Waals surface area contributed by atoms with Gasteiger partial charge in [0.25, 0.3) is 0 Å². The molecule has 5 heteroatoms. The number of thiazole rings is 1. The molecule has 4 nitrogen and oxygen atoms in total. The molecule has 0 bridgehead atoms. The third-order valence-electron chi connectivity index (χ3n) is 1.48. The standard InChI is InChI=1S/C7H6N2O2S/c10-6(11)3-5-4-9-1-2-12-7(9)8-5/h1-2,4H,3H2,(H,10,11). The van der Waals surface area contributed by atoms with Crippen LogP contribution in [0.25, 0.3) is 4.96 Å². The van der Waals surface area contributed by atoms with Gasteiger partial charge in [-0.3, -0.25) is 9.20 Å². The Balaban J connectivity index is 2.38. The topological polar surface area (TPSA) is 54.6 Å². The Morgan fingerprint density at radius 1 is 1.75 bits per heavy atom. The SMILES string of the molecule is O=C(O)Cc1cn2ccsc2n1. The molecule has 0 fully saturated rings. The molecule has 12 heavy (non-hydrogen) atoms. The van der Waals surface area contributed by atoms with Crippen LogP contribution in [-0.4, -0.2) is 20.5 Å². The number of carboxylic acids is 1. The first-order valence-corrected chi connectivity index (χ1v) is 4.26. The fourth-order valence-corrected chi connectivity index (χ4v) is 1.74. The normalized spacial score (nSPS) is 10.7. The Morgan fingerprint density at radius 3 is 3.25 bits per heavy atom. The van der Waals surface area contributed by atoms with E-state index in [2.05, 4.69) is 4.98 Å². The number of hydrogen-bond acceptors (Lipinski definition) is 3. The highest BCUT2D eigenvalue weighted by Crippen LogP contribution is 2.11. The largest absolute Gasteiger partial charge is 0.481 e. The molecule has 0 radical (unpaired) electrons. The molecule has 2 aromatic heterocycles. The average molecular weight is 182 g/mol. The molecule has 0 atom stereocenters. The summed E-state index contributed by atoms with van der Waals surface area (Å²) in [7, 11) is 0. The summed E-state index contributed by atoms with van der Waals surface area (Å²) < 4.78 is 1.82. The van der Waals surface area contributed by atoms with Crippen molar-refractivity contribution in [1.82, 2.24) is 9.38 Å². The lowest BCUT2D eigenvalue weighted by molar-refractivity contribution is -0.136. The lowest BCUT2D eigenvalue weighted by Gasteiger charge is -1.84. The van der Waals surface area contributed by atoms with Crippen molar-refractivity contribution in [3.05, 3.63) is 23.5 Å². The van der Waals surface area contributed by atoms with Crippen molar-refractivity contribution in [2.45, 2.75) is 6.42 Å². The van der Waals surface area contributed by atoms with Crippen molar-refractivity contribution in [2.24, 2.45) is 0 Å². The highest BCUT2D eigenvalue weighted by atomic mass is 32.1. The zero-order valence-corrected chi connectivity index (χ0v) is 6.91. The summed E-state index contributed by atoms with van der Waals surface area (Å²) in [6, 6.07) is 0. The van der Waals surface area contributed by atoms with Gasteiger partial charge in [-0.25, -0.2) is 4.98 Å². The maximum absolute atomic E-state index is 10.3. The van der Waals surface area contributed by atoms with E-state index in [-0.39, 0.29) is 6.42 Å². The van der Waals surface area contributed by atoms with Crippen LogP contribution in [-0.2, 0) is 11.2 Å². The number of carbonyl (C=O) groups is 1. The minimum atomic E-state index is -0.847. The molecule has 0 saturated carbocycles. The van der Waals surface area contributed by atoms with Crippen molar-refractivity contribution in [3.8, 4) is 0 Å². The van der Waals surface area contributed by atoms with Gasteiger partial charge < -0.3 is 5.11 Å². The molecule has 0 saturated heterocycles. The van der Waals surface area contributed by atoms with Gasteiger partial charge in [0, 0.05) is 17.8 Å². The number of carboxylic acid groups (broad SMARTS) is 1. The highest BCUT2D eigenvalue weighted by Gasteiger charge is 2.05. The van der Waals surface area contributed by atoms with E-state index in [0.717, 1.165) is 4.96 Å². The van der Waals surface area contributed by atoms with Crippen LogP contribution in [0.5, 0.6) is 0 Å². The highest BCUT2D eigenvalue weighted by molar-refractivity contribution is 7.15. The van der Waals surface area contributed by atoms with E-state index >= 15 is 0 Å². The van der Waals surface area contributed by atoms with Crippen LogP contribution in [0.3, 0.4) is 0 Å². The lowest BCUT2D eigenvalue weighted by atomic mass is 10.3. The molecule has 2 aromatic rings. The average Bonchev–Trinajstić information content (AvgIpc) is 2.43. The molecule has 2 rings (SSSR count). The summed E-state index contributed by atoms with van der Waals surface area (Å²) >= 11 is 1.49. The molecule has 0 aromatic carbocycles.